The average Bonchev–Trinajstić information content (AvgIpc) is 2.82. The van der Waals surface area contributed by atoms with E-state index in [-0.39, 0.29) is 5.91 Å². The van der Waals surface area contributed by atoms with Crippen LogP contribution >= 0.6 is 12.2 Å². The molecule has 0 radical (unpaired) electrons. The van der Waals surface area contributed by atoms with Gasteiger partial charge in [-0.3, -0.25) is 9.69 Å². The number of thiocarbonyl (C=S) groups is 1. The number of hydrogen-bond donors (Lipinski definition) is 0. The molecule has 2 aromatic rings. The lowest BCUT2D eigenvalue weighted by atomic mass is 9.75. The maximum atomic E-state index is 13.4. The zero-order chi connectivity index (χ0) is 18.5. The maximum Gasteiger partial charge on any atom is 0.272 e. The second-order valence-corrected chi connectivity index (χ2v) is 7.24. The fourth-order valence-electron chi connectivity index (χ4n) is 3.79. The van der Waals surface area contributed by atoms with E-state index in [4.69, 9.17) is 18.8 Å². The van der Waals surface area contributed by atoms with Gasteiger partial charge < -0.3 is 9.74 Å². The van der Waals surface area contributed by atoms with E-state index in [1.165, 1.54) is 0 Å². The third-order valence-corrected chi connectivity index (χ3v) is 5.71. The molecule has 1 amide bonds. The molecular weight excluding hydrogens is 344 g/mol. The minimum absolute atomic E-state index is 0.00812. The Morgan fingerprint density at radius 2 is 1.96 bits per heavy atom. The molecule has 1 saturated carbocycles. The van der Waals surface area contributed by atoms with Crippen LogP contribution in [0.3, 0.4) is 0 Å². The number of aromatic nitrogens is 1. The van der Waals surface area contributed by atoms with Crippen molar-refractivity contribution >= 4 is 40.4 Å². The number of carbonyl (C=O) groups is 1. The Balaban J connectivity index is 1.83. The minimum atomic E-state index is -0.588. The van der Waals surface area contributed by atoms with Crippen LogP contribution in [-0.4, -0.2) is 21.5 Å². The van der Waals surface area contributed by atoms with Gasteiger partial charge in [-0.2, -0.15) is 0 Å². The van der Waals surface area contributed by atoms with Gasteiger partial charge in [-0.25, -0.2) is 0 Å². The molecular formula is C20H18N4OS. The van der Waals surface area contributed by atoms with Crippen LogP contribution in [0.5, 0.6) is 0 Å². The molecule has 4 rings (SSSR count). The lowest BCUT2D eigenvalue weighted by Crippen LogP contribution is -2.55. The van der Waals surface area contributed by atoms with Gasteiger partial charge in [0.25, 0.3) is 11.7 Å². The summed E-state index contributed by atoms with van der Waals surface area (Å²) in [5.74, 6) is 0.356. The van der Waals surface area contributed by atoms with E-state index in [0.29, 0.717) is 16.6 Å². The van der Waals surface area contributed by atoms with Crippen LogP contribution in [0.4, 0.5) is 17.2 Å². The molecule has 1 aromatic heterocycles. The van der Waals surface area contributed by atoms with Crippen molar-refractivity contribution in [3.8, 4) is 0 Å². The first kappa shape index (κ1) is 16.7. The van der Waals surface area contributed by atoms with Gasteiger partial charge in [-0.1, -0.05) is 24.8 Å². The van der Waals surface area contributed by atoms with Crippen LogP contribution in [0.25, 0.3) is 4.85 Å². The number of pyridine rings is 1. The van der Waals surface area contributed by atoms with Crippen molar-refractivity contribution in [1.82, 2.24) is 4.98 Å². The number of hydrogen-bond acceptors (Lipinski definition) is 3. The van der Waals surface area contributed by atoms with E-state index in [1.807, 2.05) is 49.1 Å². The second kappa shape index (κ2) is 5.89. The molecule has 0 unspecified atom stereocenters. The van der Waals surface area contributed by atoms with E-state index in [0.717, 1.165) is 36.1 Å². The van der Waals surface area contributed by atoms with E-state index < -0.39 is 5.54 Å². The third kappa shape index (κ3) is 2.17. The van der Waals surface area contributed by atoms with Gasteiger partial charge >= 0.3 is 0 Å². The van der Waals surface area contributed by atoms with Crippen LogP contribution in [-0.2, 0) is 4.79 Å². The number of benzene rings is 1. The smallest absolute Gasteiger partial charge is 0.272 e. The Bertz CT molecular complexity index is 974. The summed E-state index contributed by atoms with van der Waals surface area (Å²) in [6, 6.07) is 9.83. The van der Waals surface area contributed by atoms with Crippen molar-refractivity contribution in [3.63, 3.8) is 0 Å². The van der Waals surface area contributed by atoms with E-state index in [2.05, 4.69) is 9.83 Å². The van der Waals surface area contributed by atoms with Crippen LogP contribution in [0, 0.1) is 20.4 Å². The number of aryl methyl sites for hydroxylation is 2. The zero-order valence-corrected chi connectivity index (χ0v) is 15.5. The molecule has 5 nitrogen and oxygen atoms in total. The van der Waals surface area contributed by atoms with Crippen molar-refractivity contribution in [1.29, 1.82) is 0 Å². The van der Waals surface area contributed by atoms with E-state index in [9.17, 15) is 4.79 Å². The SMILES string of the molecule is [C-]#[N+]c1ncc(N2C(=O)C3(CCC3)N(c3ccccc3C)C2=S)cc1C. The van der Waals surface area contributed by atoms with E-state index >= 15 is 0 Å². The molecule has 0 bridgehead atoms. The minimum Gasteiger partial charge on any atom is -0.360 e. The summed E-state index contributed by atoms with van der Waals surface area (Å²) in [6.07, 6.45) is 4.17. The van der Waals surface area contributed by atoms with Gasteiger partial charge in [0.05, 0.1) is 5.69 Å². The molecule has 0 atom stereocenters. The van der Waals surface area contributed by atoms with Crippen LogP contribution < -0.4 is 9.80 Å². The molecule has 26 heavy (non-hydrogen) atoms. The van der Waals surface area contributed by atoms with Crippen LogP contribution in [0.1, 0.15) is 30.4 Å². The molecule has 2 fully saturated rings. The number of para-hydroxylation sites is 1. The first-order chi connectivity index (χ1) is 12.5. The summed E-state index contributed by atoms with van der Waals surface area (Å²) >= 11 is 5.76. The Morgan fingerprint density at radius 1 is 1.23 bits per heavy atom. The summed E-state index contributed by atoms with van der Waals surface area (Å²) in [6.45, 7) is 11.0. The Labute approximate surface area is 158 Å². The number of amides is 1. The highest BCUT2D eigenvalue weighted by atomic mass is 32.1. The van der Waals surface area contributed by atoms with Crippen molar-refractivity contribution < 1.29 is 4.79 Å². The summed E-state index contributed by atoms with van der Waals surface area (Å²) in [5.41, 5.74) is 2.86. The topological polar surface area (TPSA) is 40.8 Å². The van der Waals surface area contributed by atoms with E-state index in [1.54, 1.807) is 11.1 Å². The van der Waals surface area contributed by atoms with Crippen molar-refractivity contribution in [2.45, 2.75) is 38.6 Å². The van der Waals surface area contributed by atoms with Crippen molar-refractivity contribution in [2.24, 2.45) is 0 Å². The second-order valence-electron chi connectivity index (χ2n) is 6.88. The molecule has 2 heterocycles. The molecule has 2 aliphatic rings. The lowest BCUT2D eigenvalue weighted by molar-refractivity contribution is -0.123. The largest absolute Gasteiger partial charge is 0.360 e. The predicted molar refractivity (Wildman–Crippen MR) is 106 cm³/mol. The zero-order valence-electron chi connectivity index (χ0n) is 14.7. The number of anilines is 2. The highest BCUT2D eigenvalue weighted by molar-refractivity contribution is 7.81. The van der Waals surface area contributed by atoms with Gasteiger partial charge in [0.15, 0.2) is 5.11 Å². The van der Waals surface area contributed by atoms with Gasteiger partial charge in [0.2, 0.25) is 0 Å². The molecule has 130 valence electrons. The summed E-state index contributed by atoms with van der Waals surface area (Å²) in [4.78, 5) is 24.6. The molecule has 1 aliphatic heterocycles. The standard InChI is InChI=1S/C20H18N4OS/c1-13-7-4-5-8-16(13)24-19(26)23(18(25)20(24)9-6-10-20)15-11-14(2)17(21-3)22-12-15/h4-5,7-8,11-12H,6,9-10H2,1-2H3. The number of nitrogens with zero attached hydrogens (tertiary/aromatic N) is 4. The first-order valence-corrected chi connectivity index (χ1v) is 8.99. The lowest BCUT2D eigenvalue weighted by Gasteiger charge is -2.43. The number of carbonyl (C=O) groups excluding carboxylic acids is 1. The monoisotopic (exact) mass is 362 g/mol. The molecule has 1 spiro atoms. The Hall–Kier alpha value is -2.78. The van der Waals surface area contributed by atoms with Crippen molar-refractivity contribution in [3.05, 3.63) is 59.1 Å². The summed E-state index contributed by atoms with van der Waals surface area (Å²) in [5, 5.41) is 0.487. The molecule has 1 saturated heterocycles. The highest BCUT2D eigenvalue weighted by Gasteiger charge is 2.59. The number of rotatable bonds is 2. The Kier molecular flexibility index (Phi) is 3.78. The van der Waals surface area contributed by atoms with Gasteiger partial charge in [0.1, 0.15) is 11.7 Å². The molecule has 0 N–H and O–H groups in total. The predicted octanol–water partition coefficient (Wildman–Crippen LogP) is 4.31. The Morgan fingerprint density at radius 3 is 2.54 bits per heavy atom. The van der Waals surface area contributed by atoms with Crippen LogP contribution in [0.2, 0.25) is 0 Å². The first-order valence-electron chi connectivity index (χ1n) is 8.58. The van der Waals surface area contributed by atoms with Crippen LogP contribution in [0.15, 0.2) is 36.5 Å². The maximum absolute atomic E-state index is 13.4. The summed E-state index contributed by atoms with van der Waals surface area (Å²) in [7, 11) is 0. The third-order valence-electron chi connectivity index (χ3n) is 5.35. The fourth-order valence-corrected chi connectivity index (χ4v) is 4.25. The average molecular weight is 362 g/mol. The van der Waals surface area contributed by atoms with Gasteiger partial charge in [-0.15, -0.1) is 4.98 Å². The molecule has 6 heteroatoms. The van der Waals surface area contributed by atoms with Crippen molar-refractivity contribution in [2.75, 3.05) is 9.80 Å². The summed E-state index contributed by atoms with van der Waals surface area (Å²) < 4.78 is 0. The van der Waals surface area contributed by atoms with Gasteiger partial charge in [0, 0.05) is 5.69 Å². The molecule has 1 aliphatic carbocycles. The molecule has 1 aromatic carbocycles. The van der Waals surface area contributed by atoms with Gasteiger partial charge in [-0.05, 0) is 68.6 Å². The normalized spacial score (nSPS) is 18.2. The quantitative estimate of drug-likeness (QED) is 0.590. The highest BCUT2D eigenvalue weighted by Crippen LogP contribution is 2.48. The fraction of sp³-hybridized carbons (Fsp3) is 0.300.